The van der Waals surface area contributed by atoms with Crippen LogP contribution in [-0.2, 0) is 6.54 Å². The molecule has 0 aromatic carbocycles. The zero-order valence-electron chi connectivity index (χ0n) is 9.55. The van der Waals surface area contributed by atoms with Crippen molar-refractivity contribution in [3.63, 3.8) is 0 Å². The van der Waals surface area contributed by atoms with Gasteiger partial charge in [0.05, 0.1) is 4.88 Å². The van der Waals surface area contributed by atoms with Gasteiger partial charge in [-0.05, 0) is 34.0 Å². The summed E-state index contributed by atoms with van der Waals surface area (Å²) in [6.07, 6.45) is 0. The van der Waals surface area contributed by atoms with Gasteiger partial charge >= 0.3 is 5.97 Å². The number of carboxylic acids is 1. The van der Waals surface area contributed by atoms with Gasteiger partial charge in [0.15, 0.2) is 5.82 Å². The van der Waals surface area contributed by atoms with E-state index in [-0.39, 0.29) is 12.3 Å². The zero-order valence-corrected chi connectivity index (χ0v) is 10.4. The van der Waals surface area contributed by atoms with Crippen LogP contribution in [0.2, 0.25) is 0 Å². The van der Waals surface area contributed by atoms with Crippen LogP contribution in [0.5, 0.6) is 0 Å². The van der Waals surface area contributed by atoms with Gasteiger partial charge in [0, 0.05) is 0 Å². The lowest BCUT2D eigenvalue weighted by Crippen LogP contribution is -2.03. The standard InChI is InChI=1S/C11H8N4O3S/c16-11(17)8-4-3-7(18-8)6-15-10(12-13-14-15)9-2-1-5-19-9/h1-5H,6H2,(H,16,17). The van der Waals surface area contributed by atoms with Crippen molar-refractivity contribution in [2.24, 2.45) is 0 Å². The minimum absolute atomic E-state index is 0.0965. The number of furan rings is 1. The Bertz CT molecular complexity index is 701. The summed E-state index contributed by atoms with van der Waals surface area (Å²) in [7, 11) is 0. The molecular formula is C11H8N4O3S. The van der Waals surface area contributed by atoms with Gasteiger partial charge in [-0.2, -0.15) is 0 Å². The van der Waals surface area contributed by atoms with Gasteiger partial charge in [0.2, 0.25) is 5.76 Å². The summed E-state index contributed by atoms with van der Waals surface area (Å²) < 4.78 is 6.74. The third-order valence-electron chi connectivity index (χ3n) is 2.45. The molecule has 0 atom stereocenters. The first-order valence-corrected chi connectivity index (χ1v) is 6.24. The number of rotatable bonds is 4. The van der Waals surface area contributed by atoms with Crippen molar-refractivity contribution in [1.29, 1.82) is 0 Å². The van der Waals surface area contributed by atoms with E-state index in [1.165, 1.54) is 17.4 Å². The number of tetrazole rings is 1. The maximum atomic E-state index is 10.7. The molecule has 0 aliphatic heterocycles. The Morgan fingerprint density at radius 2 is 2.32 bits per heavy atom. The normalized spacial score (nSPS) is 10.7. The van der Waals surface area contributed by atoms with E-state index in [2.05, 4.69) is 15.5 Å². The lowest BCUT2D eigenvalue weighted by atomic mass is 10.4. The molecule has 0 unspecified atom stereocenters. The van der Waals surface area contributed by atoms with Gasteiger partial charge < -0.3 is 9.52 Å². The third kappa shape index (κ3) is 2.25. The Kier molecular flexibility index (Phi) is 2.84. The summed E-state index contributed by atoms with van der Waals surface area (Å²) in [5.74, 6) is -0.0759. The molecule has 7 nitrogen and oxygen atoms in total. The predicted molar refractivity (Wildman–Crippen MR) is 65.9 cm³/mol. The number of hydrogen-bond donors (Lipinski definition) is 1. The predicted octanol–water partition coefficient (Wildman–Crippen LogP) is 1.74. The van der Waals surface area contributed by atoms with Crippen LogP contribution in [0.15, 0.2) is 34.1 Å². The molecule has 0 spiro atoms. The maximum Gasteiger partial charge on any atom is 0.371 e. The molecule has 0 saturated carbocycles. The van der Waals surface area contributed by atoms with Crippen molar-refractivity contribution in [2.45, 2.75) is 6.54 Å². The van der Waals surface area contributed by atoms with Crippen LogP contribution in [0, 0.1) is 0 Å². The highest BCUT2D eigenvalue weighted by molar-refractivity contribution is 7.13. The first-order chi connectivity index (χ1) is 9.24. The van der Waals surface area contributed by atoms with Gasteiger partial charge in [-0.25, -0.2) is 9.48 Å². The number of hydrogen-bond acceptors (Lipinski definition) is 6. The van der Waals surface area contributed by atoms with Gasteiger partial charge in [-0.3, -0.25) is 0 Å². The lowest BCUT2D eigenvalue weighted by Gasteiger charge is -2.00. The van der Waals surface area contributed by atoms with E-state index < -0.39 is 5.97 Å². The summed E-state index contributed by atoms with van der Waals surface area (Å²) in [5.41, 5.74) is 0. The molecule has 0 aliphatic carbocycles. The molecule has 19 heavy (non-hydrogen) atoms. The Hall–Kier alpha value is -2.48. The van der Waals surface area contributed by atoms with Gasteiger partial charge in [-0.1, -0.05) is 6.07 Å². The molecule has 0 saturated heterocycles. The molecule has 1 N–H and O–H groups in total. The summed E-state index contributed by atoms with van der Waals surface area (Å²) in [6, 6.07) is 6.84. The number of aromatic nitrogens is 4. The van der Waals surface area contributed by atoms with Crippen LogP contribution in [0.4, 0.5) is 0 Å². The van der Waals surface area contributed by atoms with E-state index in [0.717, 1.165) is 4.88 Å². The summed E-state index contributed by atoms with van der Waals surface area (Å²) >= 11 is 1.53. The molecule has 96 valence electrons. The Balaban J connectivity index is 1.87. The van der Waals surface area contributed by atoms with Gasteiger partial charge in [-0.15, -0.1) is 16.4 Å². The molecule has 0 radical (unpaired) electrons. The van der Waals surface area contributed by atoms with Crippen molar-refractivity contribution in [2.75, 3.05) is 0 Å². The first-order valence-electron chi connectivity index (χ1n) is 5.36. The summed E-state index contributed by atoms with van der Waals surface area (Å²) in [6.45, 7) is 0.285. The van der Waals surface area contributed by atoms with Crippen LogP contribution < -0.4 is 0 Å². The molecule has 0 aliphatic rings. The second-order valence-electron chi connectivity index (χ2n) is 3.71. The molecule has 0 amide bonds. The monoisotopic (exact) mass is 276 g/mol. The second-order valence-corrected chi connectivity index (χ2v) is 4.66. The number of nitrogens with zero attached hydrogens (tertiary/aromatic N) is 4. The van der Waals surface area contributed by atoms with E-state index in [0.29, 0.717) is 11.6 Å². The first kappa shape index (κ1) is 11.6. The van der Waals surface area contributed by atoms with Crippen LogP contribution in [0.3, 0.4) is 0 Å². The average molecular weight is 276 g/mol. The van der Waals surface area contributed by atoms with Crippen molar-refractivity contribution < 1.29 is 14.3 Å². The molecule has 8 heteroatoms. The molecule has 3 aromatic heterocycles. The molecule has 0 fully saturated rings. The Morgan fingerprint density at radius 1 is 1.42 bits per heavy atom. The third-order valence-corrected chi connectivity index (χ3v) is 3.32. The van der Waals surface area contributed by atoms with Crippen LogP contribution in [-0.4, -0.2) is 31.3 Å². The molecular weight excluding hydrogens is 268 g/mol. The second kappa shape index (κ2) is 4.65. The highest BCUT2D eigenvalue weighted by Crippen LogP contribution is 2.22. The van der Waals surface area contributed by atoms with E-state index in [9.17, 15) is 4.79 Å². The average Bonchev–Trinajstić information content (AvgIpc) is 3.09. The van der Waals surface area contributed by atoms with E-state index >= 15 is 0 Å². The maximum absolute atomic E-state index is 10.7. The van der Waals surface area contributed by atoms with Crippen molar-refractivity contribution >= 4 is 17.3 Å². The number of thiophene rings is 1. The summed E-state index contributed by atoms with van der Waals surface area (Å²) in [4.78, 5) is 11.7. The Morgan fingerprint density at radius 3 is 3.00 bits per heavy atom. The quantitative estimate of drug-likeness (QED) is 0.780. The molecule has 3 aromatic rings. The van der Waals surface area contributed by atoms with Crippen molar-refractivity contribution in [3.05, 3.63) is 41.2 Å². The van der Waals surface area contributed by atoms with E-state index in [1.807, 2.05) is 17.5 Å². The summed E-state index contributed by atoms with van der Waals surface area (Å²) in [5, 5.41) is 22.2. The van der Waals surface area contributed by atoms with E-state index in [1.54, 1.807) is 10.7 Å². The van der Waals surface area contributed by atoms with Crippen molar-refractivity contribution in [3.8, 4) is 10.7 Å². The topological polar surface area (TPSA) is 94.0 Å². The Labute approximate surface area is 111 Å². The fourth-order valence-electron chi connectivity index (χ4n) is 1.62. The molecule has 0 bridgehead atoms. The highest BCUT2D eigenvalue weighted by atomic mass is 32.1. The van der Waals surface area contributed by atoms with Crippen LogP contribution in [0.1, 0.15) is 16.3 Å². The largest absolute Gasteiger partial charge is 0.475 e. The van der Waals surface area contributed by atoms with Crippen LogP contribution >= 0.6 is 11.3 Å². The fraction of sp³-hybridized carbons (Fsp3) is 0.0909. The number of aromatic carboxylic acids is 1. The molecule has 3 rings (SSSR count). The minimum Gasteiger partial charge on any atom is -0.475 e. The van der Waals surface area contributed by atoms with Gasteiger partial charge in [0.1, 0.15) is 12.3 Å². The highest BCUT2D eigenvalue weighted by Gasteiger charge is 2.13. The number of carbonyl (C=O) groups is 1. The number of carboxylic acid groups (broad SMARTS) is 1. The fourth-order valence-corrected chi connectivity index (χ4v) is 2.33. The van der Waals surface area contributed by atoms with Crippen molar-refractivity contribution in [1.82, 2.24) is 20.2 Å². The van der Waals surface area contributed by atoms with E-state index in [4.69, 9.17) is 9.52 Å². The lowest BCUT2D eigenvalue weighted by molar-refractivity contribution is 0.0660. The zero-order chi connectivity index (χ0) is 13.2. The smallest absolute Gasteiger partial charge is 0.371 e. The van der Waals surface area contributed by atoms with Crippen LogP contribution in [0.25, 0.3) is 10.7 Å². The molecule has 3 heterocycles. The minimum atomic E-state index is -1.10. The van der Waals surface area contributed by atoms with Gasteiger partial charge in [0.25, 0.3) is 0 Å². The SMILES string of the molecule is O=C(O)c1ccc(Cn2nnnc2-c2cccs2)o1.